The van der Waals surface area contributed by atoms with Gasteiger partial charge in [0.15, 0.2) is 11.5 Å². The van der Waals surface area contributed by atoms with Crippen molar-refractivity contribution >= 4 is 60.0 Å². The minimum absolute atomic E-state index is 0.0176. The summed E-state index contributed by atoms with van der Waals surface area (Å²) < 4.78 is 51.4. The molecule has 14 nitrogen and oxygen atoms in total. The topological polar surface area (TPSA) is 197 Å². The van der Waals surface area contributed by atoms with Crippen molar-refractivity contribution in [2.75, 3.05) is 32.2 Å². The van der Waals surface area contributed by atoms with Crippen molar-refractivity contribution in [1.82, 2.24) is 24.5 Å². The molecule has 1 aliphatic heterocycles. The Bertz CT molecular complexity index is 1530. The van der Waals surface area contributed by atoms with Gasteiger partial charge in [0, 0.05) is 28.6 Å². The lowest BCUT2D eigenvalue weighted by Crippen LogP contribution is -2.43. The van der Waals surface area contributed by atoms with Gasteiger partial charge in [-0.1, -0.05) is 11.7 Å². The van der Waals surface area contributed by atoms with Gasteiger partial charge in [0.1, 0.15) is 17.5 Å². The Hall–Kier alpha value is -2.03. The highest BCUT2D eigenvalue weighted by Gasteiger charge is 2.47. The molecule has 4 heterocycles. The van der Waals surface area contributed by atoms with Crippen molar-refractivity contribution in [2.24, 2.45) is 29.4 Å². The van der Waals surface area contributed by atoms with Crippen molar-refractivity contribution in [1.29, 1.82) is 0 Å². The number of primary amides is 1. The van der Waals surface area contributed by atoms with E-state index in [4.69, 9.17) is 29.6 Å². The number of fused-ring (bicyclic) bond motifs is 3. The average molecular weight is 642 g/mol. The molecule has 6 rings (SSSR count). The Balaban J connectivity index is 1.19. The zero-order chi connectivity index (χ0) is 28.7. The number of hydrogen-bond acceptors (Lipinski definition) is 14. The number of rotatable bonds is 4. The molecule has 1 amide bonds. The van der Waals surface area contributed by atoms with Crippen LogP contribution >= 0.6 is 37.1 Å². The molecule has 41 heavy (non-hydrogen) atoms. The largest absolute Gasteiger partial charge is 0.399 e. The first-order valence-electron chi connectivity index (χ1n) is 13.0. The number of nitrogens with two attached hydrogens (primary N) is 2. The van der Waals surface area contributed by atoms with E-state index in [-0.39, 0.29) is 73.6 Å². The molecule has 2 saturated carbocycles. The van der Waals surface area contributed by atoms with Gasteiger partial charge >= 0.3 is 15.1 Å². The molecular weight excluding hydrogens is 612 g/mol. The first-order valence-corrected chi connectivity index (χ1v) is 18.2. The van der Waals surface area contributed by atoms with E-state index in [0.29, 0.717) is 24.0 Å². The van der Waals surface area contributed by atoms with Crippen molar-refractivity contribution in [3.8, 4) is 0 Å². The molecular formula is C23H29N7O7P2S2. The fourth-order valence-corrected chi connectivity index (χ4v) is 9.08. The van der Waals surface area contributed by atoms with Crippen LogP contribution in [0.1, 0.15) is 40.9 Å². The maximum atomic E-state index is 13.5. The molecule has 3 fully saturated rings. The smallest absolute Gasteiger partial charge is 0.382 e. The number of carbonyl (C=O) groups excluding carboxylic acids is 1. The van der Waals surface area contributed by atoms with Crippen LogP contribution in [-0.2, 0) is 27.2 Å². The van der Waals surface area contributed by atoms with Gasteiger partial charge in [-0.25, -0.2) is 19.5 Å². The normalized spacial score (nSPS) is 34.4. The lowest BCUT2D eigenvalue weighted by atomic mass is 9.63. The number of hydrogen-bond donors (Lipinski definition) is 3. The average Bonchev–Trinajstić information content (AvgIpc) is 3.36. The predicted octanol–water partition coefficient (Wildman–Crippen LogP) is 3.66. The summed E-state index contributed by atoms with van der Waals surface area (Å²) in [4.78, 5) is 28.3. The van der Waals surface area contributed by atoms with Gasteiger partial charge in [-0.3, -0.25) is 23.4 Å². The van der Waals surface area contributed by atoms with E-state index in [1.165, 1.54) is 12.5 Å². The maximum absolute atomic E-state index is 13.5. The summed E-state index contributed by atoms with van der Waals surface area (Å²) >= 11 is 4.20. The van der Waals surface area contributed by atoms with Crippen LogP contribution in [0.4, 0.5) is 5.82 Å². The Morgan fingerprint density at radius 2 is 1.85 bits per heavy atom. The summed E-state index contributed by atoms with van der Waals surface area (Å²) in [6.07, 6.45) is 5.90. The summed E-state index contributed by atoms with van der Waals surface area (Å²) in [5.41, 5.74) is 13.5. The summed E-state index contributed by atoms with van der Waals surface area (Å²) in [6, 6.07) is 3.37. The van der Waals surface area contributed by atoms with Crippen molar-refractivity contribution in [3.63, 3.8) is 0 Å². The highest BCUT2D eigenvalue weighted by molar-refractivity contribution is 8.93. The molecule has 3 aromatic heterocycles. The molecule has 18 heteroatoms. The standard InChI is InChI=1S/C23H29N7O7P2S2/c24-21-20-23(28-10-27-21)30(11-29-20)19-5-14-6-34-38(32)35-8-16-13(7-36-39(33,41-40)37-9-17(14)19)3-15(16)12-1-2-26-18(4-12)22(25)31/h1-2,4,10-11,13-17,19,38,40H,3,5-9H2,(H2,25,31)(H2,24,27,28)/t13-,14-,15+,16-,17-,19-,39?/m1/s1. The number of amides is 1. The molecule has 1 saturated heterocycles. The van der Waals surface area contributed by atoms with Crippen LogP contribution in [0.2, 0.25) is 0 Å². The van der Waals surface area contributed by atoms with Crippen LogP contribution in [0.5, 0.6) is 0 Å². The third-order valence-corrected chi connectivity index (χ3v) is 13.3. The highest BCUT2D eigenvalue weighted by atomic mass is 33.3. The van der Waals surface area contributed by atoms with Crippen LogP contribution in [0.3, 0.4) is 0 Å². The molecule has 220 valence electrons. The van der Waals surface area contributed by atoms with Gasteiger partial charge in [-0.2, -0.15) is 0 Å². The summed E-state index contributed by atoms with van der Waals surface area (Å²) in [5.74, 6) is -0.755. The van der Waals surface area contributed by atoms with Crippen LogP contribution in [0, 0.1) is 23.7 Å². The fourth-order valence-electron chi connectivity index (χ4n) is 5.93. The van der Waals surface area contributed by atoms with Crippen molar-refractivity contribution in [2.45, 2.75) is 24.8 Å². The Morgan fingerprint density at radius 3 is 2.66 bits per heavy atom. The Morgan fingerprint density at radius 1 is 1.07 bits per heavy atom. The van der Waals surface area contributed by atoms with Crippen molar-refractivity contribution in [3.05, 3.63) is 42.2 Å². The second-order valence-electron chi connectivity index (χ2n) is 10.4. The van der Waals surface area contributed by atoms with Gasteiger partial charge < -0.3 is 25.1 Å². The number of nitrogen functional groups attached to an aromatic ring is 1. The number of thiol groups is 1. The number of aromatic nitrogens is 5. The lowest BCUT2D eigenvalue weighted by molar-refractivity contribution is -0.0110. The maximum Gasteiger partial charge on any atom is 0.399 e. The molecule has 3 aliphatic rings. The van der Waals surface area contributed by atoms with Gasteiger partial charge in [-0.15, -0.1) is 0 Å². The van der Waals surface area contributed by atoms with Crippen LogP contribution in [0.15, 0.2) is 31.0 Å². The summed E-state index contributed by atoms with van der Waals surface area (Å²) in [7, 11) is -2.04. The number of nitrogens with zero attached hydrogens (tertiary/aromatic N) is 5. The summed E-state index contributed by atoms with van der Waals surface area (Å²) in [5, 5.41) is 0. The SMILES string of the molecule is NC(=O)c1cc([C@@H]2C[C@@H]3COP(=O)(SS)OC[C@@H]4[C@@H](CO[PH](=O)OC[C@H]32)C[C@H]4n2cnc3c(N)ncnc32)ccn1. The van der Waals surface area contributed by atoms with E-state index in [1.807, 2.05) is 10.6 Å². The Labute approximate surface area is 244 Å². The van der Waals surface area contributed by atoms with Gasteiger partial charge in [-0.05, 0) is 54.2 Å². The monoisotopic (exact) mass is 641 g/mol. The molecule has 3 aromatic rings. The summed E-state index contributed by atoms with van der Waals surface area (Å²) in [6.45, 7) is -3.07. The minimum atomic E-state index is -3.61. The quantitative estimate of drug-likeness (QED) is 0.212. The molecule has 8 atom stereocenters. The number of carbonyl (C=O) groups is 1. The van der Waals surface area contributed by atoms with Crippen molar-refractivity contribution < 1.29 is 32.0 Å². The second kappa shape index (κ2) is 11.9. The van der Waals surface area contributed by atoms with E-state index in [1.54, 1.807) is 12.4 Å². The van der Waals surface area contributed by atoms with E-state index in [0.717, 1.165) is 16.0 Å². The lowest BCUT2D eigenvalue weighted by Gasteiger charge is -2.46. The zero-order valence-electron chi connectivity index (χ0n) is 21.6. The third-order valence-electron chi connectivity index (χ3n) is 8.31. The number of pyridine rings is 1. The van der Waals surface area contributed by atoms with E-state index < -0.39 is 21.0 Å². The van der Waals surface area contributed by atoms with Crippen LogP contribution in [-0.4, -0.2) is 56.8 Å². The number of anilines is 1. The van der Waals surface area contributed by atoms with Crippen LogP contribution < -0.4 is 11.5 Å². The first-order chi connectivity index (χ1) is 19.8. The number of imidazole rings is 1. The zero-order valence-corrected chi connectivity index (χ0v) is 25.3. The highest BCUT2D eigenvalue weighted by Crippen LogP contribution is 2.65. The minimum Gasteiger partial charge on any atom is -0.382 e. The molecule has 0 radical (unpaired) electrons. The van der Waals surface area contributed by atoms with E-state index in [9.17, 15) is 13.9 Å². The first kappa shape index (κ1) is 29.1. The van der Waals surface area contributed by atoms with E-state index >= 15 is 0 Å². The van der Waals surface area contributed by atoms with E-state index in [2.05, 4.69) is 31.6 Å². The fraction of sp³-hybridized carbons (Fsp3) is 0.522. The van der Waals surface area contributed by atoms with Gasteiger partial charge in [0.25, 0.3) is 5.91 Å². The molecule has 2 aliphatic carbocycles. The molecule has 4 N–H and O–H groups in total. The molecule has 2 unspecified atom stereocenters. The van der Waals surface area contributed by atoms with Gasteiger partial charge in [0.2, 0.25) is 0 Å². The third kappa shape index (κ3) is 5.81. The molecule has 0 aromatic carbocycles. The Kier molecular flexibility index (Phi) is 8.45. The molecule has 0 spiro atoms. The second-order valence-corrected chi connectivity index (χ2v) is 16.4. The predicted molar refractivity (Wildman–Crippen MR) is 154 cm³/mol. The van der Waals surface area contributed by atoms with Gasteiger partial charge in [0.05, 0.1) is 32.8 Å². The van der Waals surface area contributed by atoms with Crippen LogP contribution in [0.25, 0.3) is 11.2 Å². The molecule has 0 bridgehead atoms.